The molecule has 0 unspecified atom stereocenters. The van der Waals surface area contributed by atoms with Crippen molar-refractivity contribution in [3.05, 3.63) is 34.4 Å². The molecule has 0 N–H and O–H groups in total. The predicted octanol–water partition coefficient (Wildman–Crippen LogP) is 4.16. The second-order valence-corrected chi connectivity index (χ2v) is 6.04. The van der Waals surface area contributed by atoms with Gasteiger partial charge in [-0.25, -0.2) is 0 Å². The Bertz CT molecular complexity index is 422. The topological polar surface area (TPSA) is 17.1 Å². The number of hydrogen-bond acceptors (Lipinski definition) is 1. The van der Waals surface area contributed by atoms with Crippen molar-refractivity contribution >= 4 is 5.78 Å². The van der Waals surface area contributed by atoms with E-state index in [1.807, 2.05) is 20.8 Å². The Balaban J connectivity index is 2.77. The van der Waals surface area contributed by atoms with E-state index in [9.17, 15) is 4.79 Å². The van der Waals surface area contributed by atoms with Gasteiger partial charge >= 0.3 is 0 Å². The molecule has 17 heavy (non-hydrogen) atoms. The molecule has 0 saturated carbocycles. The minimum Gasteiger partial charge on any atom is -0.299 e. The summed E-state index contributed by atoms with van der Waals surface area (Å²) in [6.07, 6.45) is 1.51. The molecular weight excluding hydrogens is 208 g/mol. The molecule has 0 fully saturated rings. The smallest absolute Gasteiger partial charge is 0.138 e. The number of carbonyl (C=O) groups is 1. The lowest BCUT2D eigenvalue weighted by Crippen LogP contribution is -2.20. The lowest BCUT2D eigenvalue weighted by molar-refractivity contribution is -0.126. The summed E-state index contributed by atoms with van der Waals surface area (Å²) in [7, 11) is 0. The van der Waals surface area contributed by atoms with Crippen LogP contribution in [0.5, 0.6) is 0 Å². The van der Waals surface area contributed by atoms with Crippen molar-refractivity contribution in [3.8, 4) is 0 Å². The standard InChI is InChI=1S/C16H24O/c1-11-9-13(3)14(10-12(11)2)7-8-15(17)16(4,5)6/h9-10H,7-8H2,1-6H3. The fourth-order valence-electron chi connectivity index (χ4n) is 1.91. The molecule has 0 aliphatic heterocycles. The number of carbonyl (C=O) groups excluding carboxylic acids is 1. The molecule has 1 aromatic carbocycles. The van der Waals surface area contributed by atoms with E-state index in [1.165, 1.54) is 22.3 Å². The van der Waals surface area contributed by atoms with Crippen molar-refractivity contribution in [1.82, 2.24) is 0 Å². The minimum atomic E-state index is -0.215. The van der Waals surface area contributed by atoms with Crippen LogP contribution in [0.25, 0.3) is 0 Å². The van der Waals surface area contributed by atoms with Crippen LogP contribution < -0.4 is 0 Å². The highest BCUT2D eigenvalue weighted by molar-refractivity contribution is 5.83. The van der Waals surface area contributed by atoms with Crippen LogP contribution in [0.4, 0.5) is 0 Å². The van der Waals surface area contributed by atoms with Crippen LogP contribution in [0.1, 0.15) is 49.4 Å². The number of rotatable bonds is 3. The van der Waals surface area contributed by atoms with Gasteiger partial charge in [-0.3, -0.25) is 4.79 Å². The van der Waals surface area contributed by atoms with Gasteiger partial charge in [-0.05, 0) is 49.4 Å². The fourth-order valence-corrected chi connectivity index (χ4v) is 1.91. The maximum Gasteiger partial charge on any atom is 0.138 e. The van der Waals surface area contributed by atoms with Crippen LogP contribution in [0.15, 0.2) is 12.1 Å². The molecular formula is C16H24O. The summed E-state index contributed by atoms with van der Waals surface area (Å²) in [6, 6.07) is 4.44. The molecule has 1 nitrogen and oxygen atoms in total. The second kappa shape index (κ2) is 5.03. The van der Waals surface area contributed by atoms with Gasteiger partial charge in [0.05, 0.1) is 0 Å². The van der Waals surface area contributed by atoms with E-state index >= 15 is 0 Å². The average Bonchev–Trinajstić information content (AvgIpc) is 2.19. The molecule has 0 heterocycles. The highest BCUT2D eigenvalue weighted by Crippen LogP contribution is 2.21. The van der Waals surface area contributed by atoms with Crippen molar-refractivity contribution < 1.29 is 4.79 Å². The van der Waals surface area contributed by atoms with E-state index in [4.69, 9.17) is 0 Å². The van der Waals surface area contributed by atoms with E-state index in [-0.39, 0.29) is 5.41 Å². The largest absolute Gasteiger partial charge is 0.299 e. The van der Waals surface area contributed by atoms with Gasteiger partial charge in [0.2, 0.25) is 0 Å². The summed E-state index contributed by atoms with van der Waals surface area (Å²) in [4.78, 5) is 11.9. The van der Waals surface area contributed by atoms with Gasteiger partial charge in [0, 0.05) is 11.8 Å². The zero-order chi connectivity index (χ0) is 13.2. The Labute approximate surface area is 105 Å². The molecule has 0 spiro atoms. The molecule has 0 bridgehead atoms. The van der Waals surface area contributed by atoms with Gasteiger partial charge in [0.25, 0.3) is 0 Å². The summed E-state index contributed by atoms with van der Waals surface area (Å²) in [5, 5.41) is 0. The highest BCUT2D eigenvalue weighted by Gasteiger charge is 2.20. The fraction of sp³-hybridized carbons (Fsp3) is 0.562. The van der Waals surface area contributed by atoms with E-state index in [1.54, 1.807) is 0 Å². The zero-order valence-corrected chi connectivity index (χ0v) is 12.0. The van der Waals surface area contributed by atoms with E-state index < -0.39 is 0 Å². The van der Waals surface area contributed by atoms with Crippen LogP contribution in [0.2, 0.25) is 0 Å². The molecule has 0 saturated heterocycles. The molecule has 0 aliphatic rings. The number of benzene rings is 1. The summed E-state index contributed by atoms with van der Waals surface area (Å²) in [5.74, 6) is 0.343. The quantitative estimate of drug-likeness (QED) is 0.764. The number of aryl methyl sites for hydroxylation is 4. The first-order chi connectivity index (χ1) is 7.71. The Hall–Kier alpha value is -1.11. The average molecular weight is 232 g/mol. The lowest BCUT2D eigenvalue weighted by atomic mass is 9.86. The van der Waals surface area contributed by atoms with Crippen molar-refractivity contribution in [2.24, 2.45) is 5.41 Å². The van der Waals surface area contributed by atoms with Crippen molar-refractivity contribution in [1.29, 1.82) is 0 Å². The number of ketones is 1. The van der Waals surface area contributed by atoms with Gasteiger partial charge < -0.3 is 0 Å². The molecule has 1 aromatic rings. The molecule has 94 valence electrons. The minimum absolute atomic E-state index is 0.215. The van der Waals surface area contributed by atoms with Crippen LogP contribution in [0.3, 0.4) is 0 Å². The van der Waals surface area contributed by atoms with Crippen molar-refractivity contribution in [2.45, 2.75) is 54.4 Å². The zero-order valence-electron chi connectivity index (χ0n) is 12.0. The first-order valence-electron chi connectivity index (χ1n) is 6.32. The highest BCUT2D eigenvalue weighted by atomic mass is 16.1. The SMILES string of the molecule is Cc1cc(C)c(CCC(=O)C(C)(C)C)cc1C. The van der Waals surface area contributed by atoms with Crippen molar-refractivity contribution in [2.75, 3.05) is 0 Å². The molecule has 0 aliphatic carbocycles. The van der Waals surface area contributed by atoms with E-state index in [0.29, 0.717) is 12.2 Å². The lowest BCUT2D eigenvalue weighted by Gasteiger charge is -2.17. The molecule has 0 radical (unpaired) electrons. The third kappa shape index (κ3) is 3.69. The summed E-state index contributed by atoms with van der Waals surface area (Å²) in [6.45, 7) is 12.4. The molecule has 1 heteroatoms. The third-order valence-corrected chi connectivity index (χ3v) is 3.41. The Morgan fingerprint density at radius 2 is 1.53 bits per heavy atom. The maximum atomic E-state index is 11.9. The van der Waals surface area contributed by atoms with Crippen LogP contribution in [-0.4, -0.2) is 5.78 Å². The molecule has 1 rings (SSSR count). The second-order valence-electron chi connectivity index (χ2n) is 6.04. The molecule has 0 aromatic heterocycles. The predicted molar refractivity (Wildman–Crippen MR) is 73.4 cm³/mol. The Morgan fingerprint density at radius 1 is 1.00 bits per heavy atom. The Morgan fingerprint density at radius 3 is 2.06 bits per heavy atom. The Kier molecular flexibility index (Phi) is 4.13. The van der Waals surface area contributed by atoms with Gasteiger partial charge in [-0.15, -0.1) is 0 Å². The number of Topliss-reactive ketones (excluding diaryl/α,β-unsaturated/α-hetero) is 1. The summed E-state index contributed by atoms with van der Waals surface area (Å²) >= 11 is 0. The first kappa shape index (κ1) is 14.0. The summed E-state index contributed by atoms with van der Waals surface area (Å²) in [5.41, 5.74) is 5.04. The van der Waals surface area contributed by atoms with E-state index in [2.05, 4.69) is 32.9 Å². The van der Waals surface area contributed by atoms with Crippen LogP contribution in [0, 0.1) is 26.2 Å². The third-order valence-electron chi connectivity index (χ3n) is 3.41. The van der Waals surface area contributed by atoms with Gasteiger partial charge in [-0.1, -0.05) is 32.9 Å². The normalized spacial score (nSPS) is 11.6. The van der Waals surface area contributed by atoms with Crippen molar-refractivity contribution in [3.63, 3.8) is 0 Å². The van der Waals surface area contributed by atoms with Gasteiger partial charge in [-0.2, -0.15) is 0 Å². The van der Waals surface area contributed by atoms with Crippen LogP contribution >= 0.6 is 0 Å². The van der Waals surface area contributed by atoms with E-state index in [0.717, 1.165) is 6.42 Å². The maximum absolute atomic E-state index is 11.9. The summed E-state index contributed by atoms with van der Waals surface area (Å²) < 4.78 is 0. The molecule has 0 amide bonds. The molecule has 0 atom stereocenters. The first-order valence-corrected chi connectivity index (χ1v) is 6.32. The van der Waals surface area contributed by atoms with Gasteiger partial charge in [0.15, 0.2) is 0 Å². The van der Waals surface area contributed by atoms with Gasteiger partial charge in [0.1, 0.15) is 5.78 Å². The number of hydrogen-bond donors (Lipinski definition) is 0. The van der Waals surface area contributed by atoms with Crippen LogP contribution in [-0.2, 0) is 11.2 Å². The monoisotopic (exact) mass is 232 g/mol.